The Bertz CT molecular complexity index is 1040. The largest absolute Gasteiger partial charge is 0.494 e. The number of rotatable bonds is 7. The summed E-state index contributed by atoms with van der Waals surface area (Å²) in [6.07, 6.45) is 1.05. The van der Waals surface area contributed by atoms with Crippen LogP contribution < -0.4 is 25.2 Å². The fourth-order valence-corrected chi connectivity index (χ4v) is 3.91. The van der Waals surface area contributed by atoms with E-state index in [-0.39, 0.29) is 11.0 Å². The molecule has 0 bridgehead atoms. The van der Waals surface area contributed by atoms with Gasteiger partial charge >= 0.3 is 0 Å². The molecule has 0 spiro atoms. The second kappa shape index (κ2) is 9.36. The number of fused-ring (bicyclic) bond motifs is 1. The maximum Gasteiger partial charge on any atom is 0.238 e. The Morgan fingerprint density at radius 2 is 2.03 bits per heavy atom. The molecule has 1 atom stereocenters. The molecule has 0 radical (unpaired) electrons. The second-order valence-corrected chi connectivity index (χ2v) is 8.67. The summed E-state index contributed by atoms with van der Waals surface area (Å²) in [5.74, 6) is 2.30. The molecule has 0 aliphatic carbocycles. The van der Waals surface area contributed by atoms with Crippen molar-refractivity contribution < 1.29 is 17.9 Å². The number of benzene rings is 2. The van der Waals surface area contributed by atoms with Gasteiger partial charge in [0.1, 0.15) is 17.6 Å². The lowest BCUT2D eigenvalue weighted by Crippen LogP contribution is -2.36. The number of hydrogen-bond donors (Lipinski definition) is 3. The molecule has 3 rings (SSSR count). The van der Waals surface area contributed by atoms with Crippen molar-refractivity contribution in [2.45, 2.75) is 44.4 Å². The minimum absolute atomic E-state index is 0.0819. The van der Waals surface area contributed by atoms with E-state index < -0.39 is 10.0 Å². The smallest absolute Gasteiger partial charge is 0.238 e. The molecule has 0 fully saturated rings. The van der Waals surface area contributed by atoms with Crippen LogP contribution in [0.1, 0.15) is 30.5 Å². The van der Waals surface area contributed by atoms with Crippen molar-refractivity contribution >= 4 is 16.0 Å². The number of sulfonamides is 1. The fraction of sp³-hybridized carbons (Fsp3) is 0.381. The minimum atomic E-state index is -3.73. The third-order valence-electron chi connectivity index (χ3n) is 4.74. The highest BCUT2D eigenvalue weighted by Gasteiger charge is 2.22. The van der Waals surface area contributed by atoms with Crippen LogP contribution in [0.2, 0.25) is 0 Å². The molecule has 162 valence electrons. The average Bonchev–Trinajstić information content (AvgIpc) is 3.06. The van der Waals surface area contributed by atoms with Crippen molar-refractivity contribution in [3.05, 3.63) is 53.1 Å². The number of ether oxygens (including phenoxy) is 2. The lowest BCUT2D eigenvalue weighted by Gasteiger charge is -2.16. The molecule has 1 aliphatic heterocycles. The van der Waals surface area contributed by atoms with Crippen LogP contribution in [0.5, 0.6) is 11.5 Å². The van der Waals surface area contributed by atoms with Crippen molar-refractivity contribution in [2.75, 3.05) is 13.7 Å². The Labute approximate surface area is 177 Å². The first-order chi connectivity index (χ1) is 14.3. The van der Waals surface area contributed by atoms with Gasteiger partial charge in [-0.1, -0.05) is 12.1 Å². The lowest BCUT2D eigenvalue weighted by molar-refractivity contribution is 0.254. The van der Waals surface area contributed by atoms with Crippen LogP contribution in [0.4, 0.5) is 0 Å². The van der Waals surface area contributed by atoms with Gasteiger partial charge in [0.15, 0.2) is 5.96 Å². The van der Waals surface area contributed by atoms with Crippen LogP contribution in [0.25, 0.3) is 0 Å². The van der Waals surface area contributed by atoms with Gasteiger partial charge in [-0.05, 0) is 43.7 Å². The third kappa shape index (κ3) is 5.43. The van der Waals surface area contributed by atoms with Gasteiger partial charge in [0.05, 0.1) is 11.5 Å². The molecule has 1 aliphatic rings. The summed E-state index contributed by atoms with van der Waals surface area (Å²) >= 11 is 0. The third-order valence-corrected chi connectivity index (χ3v) is 5.65. The zero-order valence-electron chi connectivity index (χ0n) is 17.4. The molecule has 2 aromatic rings. The van der Waals surface area contributed by atoms with E-state index in [0.717, 1.165) is 34.6 Å². The average molecular weight is 433 g/mol. The molecular weight excluding hydrogens is 404 g/mol. The second-order valence-electron chi connectivity index (χ2n) is 7.10. The summed E-state index contributed by atoms with van der Waals surface area (Å²) in [5.41, 5.74) is 2.91. The van der Waals surface area contributed by atoms with Gasteiger partial charge in [-0.15, -0.1) is 0 Å². The van der Waals surface area contributed by atoms with Crippen LogP contribution in [0.3, 0.4) is 0 Å². The fourth-order valence-electron chi connectivity index (χ4n) is 3.33. The predicted octanol–water partition coefficient (Wildman–Crippen LogP) is 1.92. The Kier molecular flexibility index (Phi) is 6.84. The normalized spacial score (nSPS) is 16.0. The van der Waals surface area contributed by atoms with Gasteiger partial charge in [0.2, 0.25) is 10.0 Å². The maximum absolute atomic E-state index is 11.5. The number of nitrogens with two attached hydrogens (primary N) is 1. The molecule has 0 amide bonds. The molecular formula is C21H28N4O4S. The standard InChI is InChI=1S/C21H28N4O4S/c1-4-28-19-10-16-8-14(2)29-20(16)11-17(19)13-25-21(23-3)24-12-15-6-5-7-18(9-15)30(22,26)27/h5-7,9-11,14H,4,8,12-13H2,1-3H3,(H2,22,26,27)(H2,23,24,25). The predicted molar refractivity (Wildman–Crippen MR) is 116 cm³/mol. The molecule has 0 saturated carbocycles. The summed E-state index contributed by atoms with van der Waals surface area (Å²) in [7, 11) is -2.06. The number of nitrogens with one attached hydrogen (secondary N) is 2. The monoisotopic (exact) mass is 432 g/mol. The van der Waals surface area contributed by atoms with Crippen LogP contribution >= 0.6 is 0 Å². The quantitative estimate of drug-likeness (QED) is 0.455. The summed E-state index contributed by atoms with van der Waals surface area (Å²) in [5, 5.41) is 11.6. The number of primary sulfonamides is 1. The summed E-state index contributed by atoms with van der Waals surface area (Å²) in [4.78, 5) is 4.31. The Morgan fingerprint density at radius 1 is 1.27 bits per heavy atom. The Hall–Kier alpha value is -2.78. The zero-order valence-corrected chi connectivity index (χ0v) is 18.3. The van der Waals surface area contributed by atoms with E-state index in [1.165, 1.54) is 6.07 Å². The van der Waals surface area contributed by atoms with E-state index in [4.69, 9.17) is 14.6 Å². The number of nitrogens with zero attached hydrogens (tertiary/aromatic N) is 1. The number of hydrogen-bond acceptors (Lipinski definition) is 5. The van der Waals surface area contributed by atoms with Gasteiger partial charge in [0, 0.05) is 37.7 Å². The van der Waals surface area contributed by atoms with Crippen LogP contribution in [0, 0.1) is 0 Å². The van der Waals surface area contributed by atoms with Gasteiger partial charge in [-0.2, -0.15) is 0 Å². The first-order valence-corrected chi connectivity index (χ1v) is 11.4. The summed E-state index contributed by atoms with van der Waals surface area (Å²) in [6.45, 7) is 5.48. The van der Waals surface area contributed by atoms with E-state index in [1.807, 2.05) is 25.1 Å². The van der Waals surface area contributed by atoms with Gasteiger partial charge in [-0.25, -0.2) is 13.6 Å². The molecule has 2 aromatic carbocycles. The van der Waals surface area contributed by atoms with Crippen molar-refractivity contribution in [1.82, 2.24) is 10.6 Å². The van der Waals surface area contributed by atoms with E-state index in [2.05, 4.69) is 22.5 Å². The number of guanidine groups is 1. The first-order valence-electron chi connectivity index (χ1n) is 9.81. The van der Waals surface area contributed by atoms with Crippen LogP contribution in [-0.4, -0.2) is 34.1 Å². The first kappa shape index (κ1) is 21.9. The SMILES string of the molecule is CCOc1cc2c(cc1CNC(=NC)NCc1cccc(S(N)(=O)=O)c1)OC(C)C2. The summed E-state index contributed by atoms with van der Waals surface area (Å²) in [6, 6.07) is 10.6. The Morgan fingerprint density at radius 3 is 2.73 bits per heavy atom. The molecule has 1 heterocycles. The van der Waals surface area contributed by atoms with E-state index >= 15 is 0 Å². The zero-order chi connectivity index (χ0) is 21.7. The highest BCUT2D eigenvalue weighted by Crippen LogP contribution is 2.35. The lowest BCUT2D eigenvalue weighted by atomic mass is 10.1. The summed E-state index contributed by atoms with van der Waals surface area (Å²) < 4.78 is 34.7. The molecule has 30 heavy (non-hydrogen) atoms. The number of aliphatic imine (C=N–C) groups is 1. The highest BCUT2D eigenvalue weighted by atomic mass is 32.2. The van der Waals surface area contributed by atoms with Crippen molar-refractivity contribution in [1.29, 1.82) is 0 Å². The topological polar surface area (TPSA) is 115 Å². The minimum Gasteiger partial charge on any atom is -0.494 e. The van der Waals surface area contributed by atoms with Gasteiger partial charge < -0.3 is 20.1 Å². The van der Waals surface area contributed by atoms with Gasteiger partial charge in [-0.3, -0.25) is 4.99 Å². The molecule has 0 saturated heterocycles. The molecule has 1 unspecified atom stereocenters. The molecule has 8 nitrogen and oxygen atoms in total. The van der Waals surface area contributed by atoms with Crippen molar-refractivity contribution in [3.8, 4) is 11.5 Å². The van der Waals surface area contributed by atoms with E-state index in [9.17, 15) is 8.42 Å². The van der Waals surface area contributed by atoms with Crippen molar-refractivity contribution in [2.24, 2.45) is 10.1 Å². The van der Waals surface area contributed by atoms with E-state index in [1.54, 1.807) is 19.2 Å². The molecule has 9 heteroatoms. The maximum atomic E-state index is 11.5. The van der Waals surface area contributed by atoms with E-state index in [0.29, 0.717) is 25.7 Å². The van der Waals surface area contributed by atoms with Gasteiger partial charge in [0.25, 0.3) is 0 Å². The Balaban J connectivity index is 1.66. The van der Waals surface area contributed by atoms with Crippen LogP contribution in [-0.2, 0) is 29.5 Å². The van der Waals surface area contributed by atoms with Crippen molar-refractivity contribution in [3.63, 3.8) is 0 Å². The molecule has 0 aromatic heterocycles. The highest BCUT2D eigenvalue weighted by molar-refractivity contribution is 7.89. The molecule has 4 N–H and O–H groups in total. The van der Waals surface area contributed by atoms with Crippen LogP contribution in [0.15, 0.2) is 46.3 Å².